The van der Waals surface area contributed by atoms with Gasteiger partial charge >= 0.3 is 74.4 Å². The van der Waals surface area contributed by atoms with Gasteiger partial charge in [0.15, 0.2) is 0 Å². The van der Waals surface area contributed by atoms with Crippen molar-refractivity contribution in [1.29, 1.82) is 0 Å². The molecule has 3 nitrogen and oxygen atoms in total. The van der Waals surface area contributed by atoms with Crippen LogP contribution < -0.4 is 4.33 Å². The summed E-state index contributed by atoms with van der Waals surface area (Å²) in [4.78, 5) is 10.4. The molecule has 0 saturated carbocycles. The van der Waals surface area contributed by atoms with Gasteiger partial charge in [0.05, 0.1) is 0 Å². The van der Waals surface area contributed by atoms with Crippen molar-refractivity contribution in [1.82, 2.24) is 0 Å². The van der Waals surface area contributed by atoms with Crippen LogP contribution in [0.5, 0.6) is 0 Å². The van der Waals surface area contributed by atoms with E-state index in [1.807, 2.05) is 42.0 Å². The van der Waals surface area contributed by atoms with Crippen LogP contribution in [0.1, 0.15) is 0 Å². The van der Waals surface area contributed by atoms with Crippen LogP contribution in [0.25, 0.3) is 0 Å². The van der Waals surface area contributed by atoms with Gasteiger partial charge < -0.3 is 0 Å². The second-order valence-corrected chi connectivity index (χ2v) is 6.54. The molecule has 0 atom stereocenters. The van der Waals surface area contributed by atoms with E-state index in [0.29, 0.717) is 0 Å². The fraction of sp³-hybridized carbons (Fsp3) is 0.250. The van der Waals surface area contributed by atoms with E-state index in [0.717, 1.165) is 5.69 Å². The van der Waals surface area contributed by atoms with Crippen molar-refractivity contribution in [2.75, 3.05) is 4.33 Å². The zero-order chi connectivity index (χ0) is 9.03. The van der Waals surface area contributed by atoms with E-state index >= 15 is 0 Å². The van der Waals surface area contributed by atoms with E-state index in [1.54, 1.807) is 0 Å². The van der Waals surface area contributed by atoms with Gasteiger partial charge in [-0.3, -0.25) is 0 Å². The van der Waals surface area contributed by atoms with E-state index in [1.165, 1.54) is 0 Å². The molecule has 0 amide bonds. The van der Waals surface area contributed by atoms with Crippen LogP contribution in [0.4, 0.5) is 5.69 Å². The van der Waals surface area contributed by atoms with E-state index < -0.39 is 13.3 Å². The maximum atomic E-state index is 10.4. The van der Waals surface area contributed by atoms with Gasteiger partial charge in [-0.25, -0.2) is 0 Å². The summed E-state index contributed by atoms with van der Waals surface area (Å²) in [5, 5.41) is 0. The zero-order valence-electron chi connectivity index (χ0n) is 7.10. The summed E-state index contributed by atoms with van der Waals surface area (Å²) in [5.74, 6) is 3.71. The Bertz CT molecular complexity index is 261. The average molecular weight is 208 g/mol. The Hall–Kier alpha value is -0.861. The zero-order valence-corrected chi connectivity index (χ0v) is 8.20. The molecule has 0 heterocycles. The molecular weight excluding hydrogens is 196 g/mol. The number of benzene rings is 1. The molecular formula is C8H12FeN2O. The van der Waals surface area contributed by atoms with Crippen molar-refractivity contribution in [2.45, 2.75) is 11.6 Å². The molecule has 68 valence electrons. The molecule has 0 bridgehead atoms. The predicted octanol–water partition coefficient (Wildman–Crippen LogP) is 2.95. The third-order valence-corrected chi connectivity index (χ3v) is 2.75. The Kier molecular flexibility index (Phi) is 2.84. The van der Waals surface area contributed by atoms with Gasteiger partial charge in [-0.15, -0.1) is 0 Å². The van der Waals surface area contributed by atoms with Crippen molar-refractivity contribution >= 4 is 5.69 Å². The molecule has 1 aromatic carbocycles. The topological polar surface area (TPSA) is 41.5 Å². The van der Waals surface area contributed by atoms with Crippen LogP contribution in [-0.4, -0.2) is 0 Å². The van der Waals surface area contributed by atoms with Crippen LogP contribution in [0.3, 0.4) is 0 Å². The molecule has 1 rings (SSSR count). The summed E-state index contributed by atoms with van der Waals surface area (Å²) in [7, 11) is 0. The molecule has 0 aliphatic rings. The van der Waals surface area contributed by atoms with Gasteiger partial charge in [-0.1, -0.05) is 0 Å². The molecule has 1 aromatic rings. The Balaban J connectivity index is 2.70. The first-order valence-corrected chi connectivity index (χ1v) is 6.64. The average Bonchev–Trinajstić information content (AvgIpc) is 2.06. The van der Waals surface area contributed by atoms with Crippen molar-refractivity contribution in [2.24, 2.45) is 4.19 Å². The van der Waals surface area contributed by atoms with Gasteiger partial charge in [0.25, 0.3) is 0 Å². The fourth-order valence-corrected chi connectivity index (χ4v) is 1.78. The van der Waals surface area contributed by atoms with Gasteiger partial charge in [0.1, 0.15) is 0 Å². The Morgan fingerprint density at radius 3 is 2.33 bits per heavy atom. The van der Waals surface area contributed by atoms with Gasteiger partial charge in [0.2, 0.25) is 0 Å². The van der Waals surface area contributed by atoms with E-state index in [2.05, 4.69) is 8.53 Å². The number of nitrogens with zero attached hydrogens (tertiary/aromatic N) is 1. The van der Waals surface area contributed by atoms with Gasteiger partial charge in [-0.2, -0.15) is 0 Å². The molecule has 0 aliphatic carbocycles. The van der Waals surface area contributed by atoms with Crippen molar-refractivity contribution in [3.8, 4) is 0 Å². The molecule has 0 aliphatic heterocycles. The Labute approximate surface area is 74.8 Å². The fourth-order valence-electron chi connectivity index (χ4n) is 0.763. The molecule has 4 heteroatoms. The van der Waals surface area contributed by atoms with Crippen molar-refractivity contribution in [3.05, 3.63) is 35.2 Å². The van der Waals surface area contributed by atoms with Gasteiger partial charge in [0, 0.05) is 0 Å². The number of nitrogens with one attached hydrogen (secondary N) is 1. The summed E-state index contributed by atoms with van der Waals surface area (Å²) < 4.78 is 6.19. The normalized spacial score (nSPS) is 12.2. The predicted molar refractivity (Wildman–Crippen MR) is 47.6 cm³/mol. The van der Waals surface area contributed by atoms with Gasteiger partial charge in [-0.05, 0) is 0 Å². The molecule has 1 N–H and O–H groups in total. The third kappa shape index (κ3) is 2.64. The molecule has 0 radical (unpaired) electrons. The van der Waals surface area contributed by atoms with Crippen LogP contribution in [0.2, 0.25) is 11.6 Å². The first kappa shape index (κ1) is 9.23. The standard InChI is InChI=1S/C6H6N.2CH3.Fe.NO/c7-6-4-2-1-3-5-6;;;;1-2/h1-5,7H;2*1H3;;/q-1;;;+2;-1. The first-order chi connectivity index (χ1) is 5.64. The number of nitroso groups, excluding NO2 is 1. The summed E-state index contributed by atoms with van der Waals surface area (Å²) in [5.41, 5.74) is 0.960. The minimum atomic E-state index is -1.96. The van der Waals surface area contributed by atoms with Crippen molar-refractivity contribution < 1.29 is 13.3 Å². The van der Waals surface area contributed by atoms with E-state index in [9.17, 15) is 4.91 Å². The summed E-state index contributed by atoms with van der Waals surface area (Å²) in [6.45, 7) is 0. The van der Waals surface area contributed by atoms with Crippen LogP contribution in [-0.2, 0) is 13.3 Å². The number of anilines is 1. The maximum absolute atomic E-state index is 10.4. The van der Waals surface area contributed by atoms with Crippen LogP contribution in [0.15, 0.2) is 34.5 Å². The molecule has 0 spiro atoms. The van der Waals surface area contributed by atoms with Crippen LogP contribution in [0, 0.1) is 4.91 Å². The Morgan fingerprint density at radius 2 is 1.83 bits per heavy atom. The number of hydrogen-bond donors (Lipinski definition) is 1. The second kappa shape index (κ2) is 3.70. The number of para-hydroxylation sites is 1. The summed E-state index contributed by atoms with van der Waals surface area (Å²) in [6.07, 6.45) is 0. The molecule has 0 fully saturated rings. The molecule has 0 saturated heterocycles. The molecule has 12 heavy (non-hydrogen) atoms. The number of rotatable bonds is 3. The number of hydrogen-bond acceptors (Lipinski definition) is 3. The first-order valence-electron chi connectivity index (χ1n) is 3.39. The van der Waals surface area contributed by atoms with E-state index in [-0.39, 0.29) is 0 Å². The Morgan fingerprint density at radius 1 is 1.25 bits per heavy atom. The SMILES string of the molecule is [CH3][Fe]([CH3])([N]=O)[NH]c1ccccc1. The molecule has 0 aromatic heterocycles. The summed E-state index contributed by atoms with van der Waals surface area (Å²) in [6, 6.07) is 9.64. The second-order valence-electron chi connectivity index (χ2n) is 2.62. The third-order valence-electron chi connectivity index (χ3n) is 1.25. The van der Waals surface area contributed by atoms with Crippen LogP contribution >= 0.6 is 0 Å². The van der Waals surface area contributed by atoms with Crippen molar-refractivity contribution in [3.63, 3.8) is 0 Å². The quantitative estimate of drug-likeness (QED) is 0.612. The molecule has 0 unspecified atom stereocenters. The minimum absolute atomic E-state index is 0.960. The monoisotopic (exact) mass is 208 g/mol. The summed E-state index contributed by atoms with van der Waals surface area (Å²) >= 11 is -1.96. The van der Waals surface area contributed by atoms with E-state index in [4.69, 9.17) is 0 Å².